The van der Waals surface area contributed by atoms with Crippen molar-refractivity contribution in [2.45, 2.75) is 134 Å². The van der Waals surface area contributed by atoms with Crippen molar-refractivity contribution in [2.75, 3.05) is 54.1 Å². The molecule has 0 spiro atoms. The van der Waals surface area contributed by atoms with Gasteiger partial charge in [0.1, 0.15) is 43.7 Å². The molecule has 1 rings (SSSR count). The van der Waals surface area contributed by atoms with Gasteiger partial charge in [-0.05, 0) is 6.42 Å². The number of phosphoric ester groups is 1. The van der Waals surface area contributed by atoms with E-state index in [4.69, 9.17) is 23.3 Å². The lowest BCUT2D eigenvalue weighted by atomic mass is 9.99. The van der Waals surface area contributed by atoms with E-state index < -0.39 is 70.4 Å². The Balaban J connectivity index is 2.50. The highest BCUT2D eigenvalue weighted by atomic mass is 31.2. The number of phosphoric acid groups is 1. The number of carbonyl (C=O) groups excluding carboxylic acids is 1. The first-order valence-electron chi connectivity index (χ1n) is 16.3. The van der Waals surface area contributed by atoms with Gasteiger partial charge in [0.15, 0.2) is 6.29 Å². The second-order valence-electron chi connectivity index (χ2n) is 12.7. The molecule has 13 nitrogen and oxygen atoms in total. The SMILES string of the molecule is CCCCCCCCCCCCCCCC(=O)O[C@H](CO[C@@H]1O[C@H](CO)[C@@H](O)[C@H](O)[C@H]1O)COP(=O)(O)OCC[N+](C)(C)C. The summed E-state index contributed by atoms with van der Waals surface area (Å²) in [6.07, 6.45) is 6.71. The van der Waals surface area contributed by atoms with Crippen LogP contribution in [-0.4, -0.2) is 127 Å². The van der Waals surface area contributed by atoms with E-state index in [0.717, 1.165) is 19.3 Å². The van der Waals surface area contributed by atoms with Gasteiger partial charge in [0, 0.05) is 6.42 Å². The van der Waals surface area contributed by atoms with Crippen LogP contribution in [0.5, 0.6) is 0 Å². The van der Waals surface area contributed by atoms with Crippen molar-refractivity contribution in [1.29, 1.82) is 0 Å². The number of hydrogen-bond donors (Lipinski definition) is 5. The third-order valence-corrected chi connectivity index (χ3v) is 8.50. The summed E-state index contributed by atoms with van der Waals surface area (Å²) in [6, 6.07) is 0. The highest BCUT2D eigenvalue weighted by Gasteiger charge is 2.44. The zero-order valence-corrected chi connectivity index (χ0v) is 28.3. The maximum atomic E-state index is 12.6. The van der Waals surface area contributed by atoms with E-state index in [0.29, 0.717) is 17.4 Å². The fourth-order valence-corrected chi connectivity index (χ4v) is 5.44. The quantitative estimate of drug-likeness (QED) is 0.0397. The largest absolute Gasteiger partial charge is 0.472 e. The Morgan fingerprint density at radius 2 is 1.36 bits per heavy atom. The normalized spacial score (nSPS) is 24.6. The van der Waals surface area contributed by atoms with Crippen molar-refractivity contribution in [3.63, 3.8) is 0 Å². The van der Waals surface area contributed by atoms with Crippen molar-refractivity contribution >= 4 is 13.8 Å². The molecule has 0 radical (unpaired) electrons. The minimum absolute atomic E-state index is 0.0395. The summed E-state index contributed by atoms with van der Waals surface area (Å²) in [4.78, 5) is 22.7. The summed E-state index contributed by atoms with van der Waals surface area (Å²) in [7, 11) is 1.22. The van der Waals surface area contributed by atoms with Gasteiger partial charge in [-0.3, -0.25) is 13.8 Å². The van der Waals surface area contributed by atoms with Crippen LogP contribution in [0.4, 0.5) is 0 Å². The number of unbranched alkanes of at least 4 members (excludes halogenated alkanes) is 12. The highest BCUT2D eigenvalue weighted by molar-refractivity contribution is 7.47. The molecule has 0 saturated carbocycles. The van der Waals surface area contributed by atoms with Gasteiger partial charge in [-0.25, -0.2) is 4.57 Å². The molecule has 1 unspecified atom stereocenters. The maximum absolute atomic E-state index is 12.6. The lowest BCUT2D eigenvalue weighted by molar-refractivity contribution is -0.870. The van der Waals surface area contributed by atoms with E-state index in [1.807, 2.05) is 21.1 Å². The molecule has 1 aliphatic heterocycles. The standard InChI is InChI=1S/C30H60NO12P/c1-5-6-7-8-9-10-11-12-13-14-15-16-17-18-26(33)42-24(23-41-44(37,38)40-20-19-31(2,3)4)22-39-30-29(36)28(35)27(34)25(21-32)43-30/h24-25,27-30,32,34-36H,5-23H2,1-4H3/p+1/t24-,25-,27-,28+,29-,30-/m1/s1. The number of likely N-dealkylation sites (N-methyl/N-ethyl adjacent to an activating group) is 1. The van der Waals surface area contributed by atoms with Crippen LogP contribution < -0.4 is 0 Å². The molecule has 1 heterocycles. The van der Waals surface area contributed by atoms with Gasteiger partial charge >= 0.3 is 13.8 Å². The second-order valence-corrected chi connectivity index (χ2v) is 14.2. The summed E-state index contributed by atoms with van der Waals surface area (Å²) in [5, 5.41) is 39.6. The van der Waals surface area contributed by atoms with Crippen LogP contribution in [0, 0.1) is 0 Å². The monoisotopic (exact) mass is 658 g/mol. The Kier molecular flexibility index (Phi) is 21.4. The highest BCUT2D eigenvalue weighted by Crippen LogP contribution is 2.43. The van der Waals surface area contributed by atoms with Crippen LogP contribution in [-0.2, 0) is 32.6 Å². The molecule has 0 aromatic rings. The molecule has 1 fully saturated rings. The lowest BCUT2D eigenvalue weighted by Gasteiger charge is -2.39. The number of carbonyl (C=O) groups is 1. The molecule has 0 bridgehead atoms. The molecule has 262 valence electrons. The number of rotatable bonds is 26. The molecule has 0 amide bonds. The van der Waals surface area contributed by atoms with Crippen LogP contribution in [0.3, 0.4) is 0 Å². The maximum Gasteiger partial charge on any atom is 0.472 e. The molecule has 14 heteroatoms. The van der Waals surface area contributed by atoms with E-state index in [2.05, 4.69) is 6.92 Å². The first kappa shape index (κ1) is 41.3. The van der Waals surface area contributed by atoms with Crippen molar-refractivity contribution in [3.05, 3.63) is 0 Å². The molecule has 44 heavy (non-hydrogen) atoms. The van der Waals surface area contributed by atoms with Crippen molar-refractivity contribution in [2.24, 2.45) is 0 Å². The number of aliphatic hydroxyl groups is 4. The summed E-state index contributed by atoms with van der Waals surface area (Å²) >= 11 is 0. The lowest BCUT2D eigenvalue weighted by Crippen LogP contribution is -2.59. The molecular formula is C30H61NO12P+. The molecular weight excluding hydrogens is 597 g/mol. The third-order valence-electron chi connectivity index (χ3n) is 7.52. The first-order valence-corrected chi connectivity index (χ1v) is 17.8. The summed E-state index contributed by atoms with van der Waals surface area (Å²) in [5.74, 6) is -0.544. The van der Waals surface area contributed by atoms with E-state index in [-0.39, 0.29) is 13.0 Å². The molecule has 1 aliphatic rings. The Morgan fingerprint density at radius 1 is 0.818 bits per heavy atom. The smallest absolute Gasteiger partial charge is 0.457 e. The van der Waals surface area contributed by atoms with Gasteiger partial charge < -0.3 is 44.0 Å². The van der Waals surface area contributed by atoms with Gasteiger partial charge in [0.25, 0.3) is 0 Å². The number of hydrogen-bond acceptors (Lipinski definition) is 11. The summed E-state index contributed by atoms with van der Waals surface area (Å²) < 4.78 is 39.3. The van der Waals surface area contributed by atoms with E-state index in [1.54, 1.807) is 0 Å². The van der Waals surface area contributed by atoms with Crippen LogP contribution >= 0.6 is 7.82 Å². The van der Waals surface area contributed by atoms with Gasteiger partial charge in [0.2, 0.25) is 0 Å². The minimum atomic E-state index is -4.47. The third kappa shape index (κ3) is 19.1. The van der Waals surface area contributed by atoms with E-state index in [9.17, 15) is 34.7 Å². The average Bonchev–Trinajstić information content (AvgIpc) is 2.95. The van der Waals surface area contributed by atoms with Gasteiger partial charge in [-0.15, -0.1) is 0 Å². The fraction of sp³-hybridized carbons (Fsp3) is 0.967. The minimum Gasteiger partial charge on any atom is -0.457 e. The Bertz CT molecular complexity index is 796. The molecule has 0 aromatic heterocycles. The van der Waals surface area contributed by atoms with Crippen LogP contribution in [0.25, 0.3) is 0 Å². The van der Waals surface area contributed by atoms with Gasteiger partial charge in [-0.2, -0.15) is 0 Å². The van der Waals surface area contributed by atoms with Crippen LogP contribution in [0.15, 0.2) is 0 Å². The van der Waals surface area contributed by atoms with Crippen molar-refractivity contribution in [1.82, 2.24) is 0 Å². The zero-order valence-electron chi connectivity index (χ0n) is 27.4. The second kappa shape index (κ2) is 22.8. The number of nitrogens with zero attached hydrogens (tertiary/aromatic N) is 1. The van der Waals surface area contributed by atoms with Crippen molar-refractivity contribution in [3.8, 4) is 0 Å². The van der Waals surface area contributed by atoms with E-state index >= 15 is 0 Å². The van der Waals surface area contributed by atoms with Crippen LogP contribution in [0.2, 0.25) is 0 Å². The predicted molar refractivity (Wildman–Crippen MR) is 165 cm³/mol. The average molecular weight is 659 g/mol. The summed E-state index contributed by atoms with van der Waals surface area (Å²) in [6.45, 7) is 1.04. The number of aliphatic hydroxyl groups excluding tert-OH is 4. The summed E-state index contributed by atoms with van der Waals surface area (Å²) in [5.41, 5.74) is 0. The fourth-order valence-electron chi connectivity index (χ4n) is 4.70. The van der Waals surface area contributed by atoms with Crippen molar-refractivity contribution < 1.29 is 62.4 Å². The molecule has 1 saturated heterocycles. The number of esters is 1. The zero-order chi connectivity index (χ0) is 33.0. The molecule has 7 atom stereocenters. The van der Waals surface area contributed by atoms with Gasteiger partial charge in [0.05, 0.1) is 41.0 Å². The molecule has 0 aromatic carbocycles. The van der Waals surface area contributed by atoms with Crippen LogP contribution in [0.1, 0.15) is 96.8 Å². The number of ether oxygens (including phenoxy) is 3. The first-order chi connectivity index (χ1) is 20.8. The topological polar surface area (TPSA) is 181 Å². The predicted octanol–water partition coefficient (Wildman–Crippen LogP) is 3.04. The van der Waals surface area contributed by atoms with Gasteiger partial charge in [-0.1, -0.05) is 84.0 Å². The Hall–Kier alpha value is -0.700. The molecule has 0 aliphatic carbocycles. The molecule has 5 N–H and O–H groups in total. The number of quaternary nitrogens is 1. The Morgan fingerprint density at radius 3 is 1.89 bits per heavy atom. The Labute approximate surface area is 264 Å². The van der Waals surface area contributed by atoms with E-state index in [1.165, 1.54) is 57.8 Å².